The first kappa shape index (κ1) is 11.3. The van der Waals surface area contributed by atoms with Gasteiger partial charge in [0, 0.05) is 6.54 Å². The van der Waals surface area contributed by atoms with Gasteiger partial charge >= 0.3 is 0 Å². The molecule has 1 aromatic carbocycles. The number of fused-ring (bicyclic) bond motifs is 1. The number of hydrogen-bond donors (Lipinski definition) is 1. The van der Waals surface area contributed by atoms with E-state index in [1.807, 2.05) is 12.1 Å². The molecule has 1 N–H and O–H groups in total. The Balaban J connectivity index is 0.000000114. The Kier molecular flexibility index (Phi) is 3.24. The standard InChI is InChI=1S/C6H4Cl2.C6H11N/c7-5-3-1-2-4-6(5)8;1-6-2-5(6)3-7-4-6/h1-4H;5,7H,2-4H2,1H3. The van der Waals surface area contributed by atoms with E-state index in [1.165, 1.54) is 19.5 Å². The Morgan fingerprint density at radius 3 is 2.07 bits per heavy atom. The van der Waals surface area contributed by atoms with Crippen LogP contribution in [0.15, 0.2) is 24.3 Å². The van der Waals surface area contributed by atoms with E-state index in [4.69, 9.17) is 23.2 Å². The van der Waals surface area contributed by atoms with Crippen molar-refractivity contribution in [2.75, 3.05) is 13.1 Å². The van der Waals surface area contributed by atoms with Gasteiger partial charge in [-0.1, -0.05) is 42.3 Å². The molecule has 2 atom stereocenters. The topological polar surface area (TPSA) is 12.0 Å². The molecule has 0 bridgehead atoms. The zero-order chi connectivity index (χ0) is 10.9. The van der Waals surface area contributed by atoms with Gasteiger partial charge in [-0.2, -0.15) is 0 Å². The molecule has 0 amide bonds. The Bertz CT molecular complexity index is 330. The minimum Gasteiger partial charge on any atom is -0.316 e. The molecule has 1 nitrogen and oxygen atoms in total. The molecule has 2 aliphatic rings. The van der Waals surface area contributed by atoms with Gasteiger partial charge in [0.15, 0.2) is 0 Å². The summed E-state index contributed by atoms with van der Waals surface area (Å²) in [5, 5.41) is 4.57. The third-order valence-corrected chi connectivity index (χ3v) is 4.04. The maximum atomic E-state index is 5.58. The minimum atomic E-state index is 0.606. The maximum Gasteiger partial charge on any atom is 0.0592 e. The van der Waals surface area contributed by atoms with Crippen LogP contribution in [-0.2, 0) is 0 Å². The summed E-state index contributed by atoms with van der Waals surface area (Å²) < 4.78 is 0. The van der Waals surface area contributed by atoms with Gasteiger partial charge in [-0.25, -0.2) is 0 Å². The molecule has 1 saturated carbocycles. The quantitative estimate of drug-likeness (QED) is 0.735. The van der Waals surface area contributed by atoms with Crippen molar-refractivity contribution in [3.8, 4) is 0 Å². The average Bonchev–Trinajstić information content (AvgIpc) is 2.71. The third kappa shape index (κ3) is 2.66. The van der Waals surface area contributed by atoms with Crippen LogP contribution in [0.25, 0.3) is 0 Å². The summed E-state index contributed by atoms with van der Waals surface area (Å²) in [6.07, 6.45) is 1.49. The third-order valence-electron chi connectivity index (χ3n) is 3.28. The second kappa shape index (κ2) is 4.32. The highest BCUT2D eigenvalue weighted by molar-refractivity contribution is 6.41. The van der Waals surface area contributed by atoms with Crippen LogP contribution < -0.4 is 5.32 Å². The Morgan fingerprint density at radius 2 is 1.87 bits per heavy atom. The van der Waals surface area contributed by atoms with Crippen LogP contribution in [0.4, 0.5) is 0 Å². The number of piperidine rings is 1. The molecular weight excluding hydrogens is 229 g/mol. The average molecular weight is 244 g/mol. The van der Waals surface area contributed by atoms with Crippen molar-refractivity contribution < 1.29 is 0 Å². The molecular formula is C12H15Cl2N. The number of nitrogens with one attached hydrogen (secondary N) is 1. The van der Waals surface area contributed by atoms with Gasteiger partial charge in [-0.15, -0.1) is 0 Å². The lowest BCUT2D eigenvalue weighted by molar-refractivity contribution is 0.576. The van der Waals surface area contributed by atoms with Crippen molar-refractivity contribution >= 4 is 23.2 Å². The summed E-state index contributed by atoms with van der Waals surface area (Å²) in [6, 6.07) is 7.19. The molecule has 2 unspecified atom stereocenters. The van der Waals surface area contributed by atoms with Crippen LogP contribution in [0.5, 0.6) is 0 Å². The molecule has 3 heteroatoms. The Morgan fingerprint density at radius 1 is 1.27 bits per heavy atom. The lowest BCUT2D eigenvalue weighted by Gasteiger charge is -1.97. The van der Waals surface area contributed by atoms with Crippen LogP contribution in [0.2, 0.25) is 10.0 Å². The van der Waals surface area contributed by atoms with Crippen LogP contribution in [0.3, 0.4) is 0 Å². The predicted octanol–water partition coefficient (Wildman–Crippen LogP) is 3.61. The zero-order valence-corrected chi connectivity index (χ0v) is 10.3. The lowest BCUT2D eigenvalue weighted by atomic mass is 10.1. The van der Waals surface area contributed by atoms with E-state index in [2.05, 4.69) is 12.2 Å². The monoisotopic (exact) mass is 243 g/mol. The molecule has 1 aliphatic carbocycles. The van der Waals surface area contributed by atoms with Crippen LogP contribution in [0, 0.1) is 11.3 Å². The largest absolute Gasteiger partial charge is 0.316 e. The molecule has 15 heavy (non-hydrogen) atoms. The summed E-state index contributed by atoms with van der Waals surface area (Å²) in [4.78, 5) is 0. The second-order valence-corrected chi connectivity index (χ2v) is 5.41. The highest BCUT2D eigenvalue weighted by atomic mass is 35.5. The summed E-state index contributed by atoms with van der Waals surface area (Å²) >= 11 is 11.2. The highest BCUT2D eigenvalue weighted by Gasteiger charge is 2.52. The van der Waals surface area contributed by atoms with Crippen LogP contribution in [0.1, 0.15) is 13.3 Å². The molecule has 2 fully saturated rings. The Labute approximate surface area is 101 Å². The molecule has 1 aromatic rings. The summed E-state index contributed by atoms with van der Waals surface area (Å²) in [5.74, 6) is 1.05. The minimum absolute atomic E-state index is 0.606. The van der Waals surface area contributed by atoms with Crippen molar-refractivity contribution in [1.29, 1.82) is 0 Å². The summed E-state index contributed by atoms with van der Waals surface area (Å²) in [6.45, 7) is 4.94. The van der Waals surface area contributed by atoms with E-state index in [-0.39, 0.29) is 0 Å². The van der Waals surface area contributed by atoms with Crippen LogP contribution in [-0.4, -0.2) is 13.1 Å². The predicted molar refractivity (Wildman–Crippen MR) is 65.5 cm³/mol. The number of halogens is 2. The van der Waals surface area contributed by atoms with Crippen LogP contribution >= 0.6 is 23.2 Å². The first-order valence-electron chi connectivity index (χ1n) is 5.22. The fraction of sp³-hybridized carbons (Fsp3) is 0.500. The number of benzene rings is 1. The zero-order valence-electron chi connectivity index (χ0n) is 8.76. The van der Waals surface area contributed by atoms with Crippen molar-refractivity contribution in [2.24, 2.45) is 11.3 Å². The van der Waals surface area contributed by atoms with E-state index in [0.29, 0.717) is 10.0 Å². The van der Waals surface area contributed by atoms with Crippen molar-refractivity contribution in [1.82, 2.24) is 5.32 Å². The smallest absolute Gasteiger partial charge is 0.0592 e. The van der Waals surface area contributed by atoms with Crippen molar-refractivity contribution in [3.63, 3.8) is 0 Å². The van der Waals surface area contributed by atoms with Gasteiger partial charge < -0.3 is 5.32 Å². The van der Waals surface area contributed by atoms with Crippen molar-refractivity contribution in [3.05, 3.63) is 34.3 Å². The van der Waals surface area contributed by atoms with E-state index in [0.717, 1.165) is 11.3 Å². The molecule has 0 spiro atoms. The van der Waals surface area contributed by atoms with E-state index >= 15 is 0 Å². The van der Waals surface area contributed by atoms with Gasteiger partial charge in [0.25, 0.3) is 0 Å². The van der Waals surface area contributed by atoms with E-state index in [9.17, 15) is 0 Å². The second-order valence-electron chi connectivity index (χ2n) is 4.60. The molecule has 1 aliphatic heterocycles. The first-order valence-corrected chi connectivity index (χ1v) is 5.98. The van der Waals surface area contributed by atoms with Gasteiger partial charge in [0.2, 0.25) is 0 Å². The summed E-state index contributed by atoms with van der Waals surface area (Å²) in [5.41, 5.74) is 0.750. The molecule has 3 rings (SSSR count). The summed E-state index contributed by atoms with van der Waals surface area (Å²) in [7, 11) is 0. The highest BCUT2D eigenvalue weighted by Crippen LogP contribution is 2.54. The molecule has 1 heterocycles. The normalized spacial score (nSPS) is 31.5. The number of rotatable bonds is 0. The van der Waals surface area contributed by atoms with Gasteiger partial charge in [0.05, 0.1) is 10.0 Å². The lowest BCUT2D eigenvalue weighted by Crippen LogP contribution is -2.13. The molecule has 1 saturated heterocycles. The first-order chi connectivity index (χ1) is 7.12. The van der Waals surface area contributed by atoms with Gasteiger partial charge in [-0.05, 0) is 36.4 Å². The fourth-order valence-corrected chi connectivity index (χ4v) is 2.28. The maximum absolute atomic E-state index is 5.58. The van der Waals surface area contributed by atoms with Crippen molar-refractivity contribution in [2.45, 2.75) is 13.3 Å². The van der Waals surface area contributed by atoms with Gasteiger partial charge in [0.1, 0.15) is 0 Å². The molecule has 0 aromatic heterocycles. The van der Waals surface area contributed by atoms with E-state index < -0.39 is 0 Å². The molecule has 0 radical (unpaired) electrons. The van der Waals surface area contributed by atoms with Gasteiger partial charge in [-0.3, -0.25) is 0 Å². The fourth-order valence-electron chi connectivity index (χ4n) is 2.01. The SMILES string of the molecule is CC12CNCC1C2.Clc1ccccc1Cl. The Hall–Kier alpha value is -0.240. The number of hydrogen-bond acceptors (Lipinski definition) is 1. The van der Waals surface area contributed by atoms with E-state index in [1.54, 1.807) is 12.1 Å². The molecule has 82 valence electrons.